The largest absolute Gasteiger partial charge is 0.482 e. The Balaban J connectivity index is 1.58. The first kappa shape index (κ1) is 18.1. The zero-order valence-corrected chi connectivity index (χ0v) is 16.5. The maximum absolute atomic E-state index is 11.7. The molecular formula is C21H20N4O3S. The van der Waals surface area contributed by atoms with Crippen molar-refractivity contribution in [3.05, 3.63) is 52.9 Å². The molecule has 1 aromatic carbocycles. The lowest BCUT2D eigenvalue weighted by Gasteiger charge is -2.19. The fourth-order valence-electron chi connectivity index (χ4n) is 3.59. The summed E-state index contributed by atoms with van der Waals surface area (Å²) >= 11 is 1.58. The second kappa shape index (κ2) is 7.81. The van der Waals surface area contributed by atoms with E-state index in [2.05, 4.69) is 20.2 Å². The molecule has 3 aromatic rings. The minimum Gasteiger partial charge on any atom is -0.482 e. The zero-order chi connectivity index (χ0) is 19.6. The van der Waals surface area contributed by atoms with E-state index >= 15 is 0 Å². The smallest absolute Gasteiger partial charge is 0.262 e. The van der Waals surface area contributed by atoms with E-state index in [1.165, 1.54) is 0 Å². The molecule has 1 unspecified atom stereocenters. The van der Waals surface area contributed by atoms with Crippen LogP contribution in [0.15, 0.2) is 53.1 Å². The minimum atomic E-state index is -0.139. The SMILES string of the molecule is O=C1COc2ccc(-c3csc(=Nc4cccnc4)n3CC3CCCO3)cc2N1. The Labute approximate surface area is 171 Å². The summed E-state index contributed by atoms with van der Waals surface area (Å²) in [7, 11) is 0. The van der Waals surface area contributed by atoms with E-state index in [0.29, 0.717) is 11.4 Å². The number of rotatable bonds is 4. The molecule has 0 aliphatic carbocycles. The highest BCUT2D eigenvalue weighted by Crippen LogP contribution is 2.33. The molecule has 2 aliphatic rings. The van der Waals surface area contributed by atoms with Gasteiger partial charge < -0.3 is 19.4 Å². The number of hydrogen-bond acceptors (Lipinski definition) is 6. The molecule has 8 heteroatoms. The van der Waals surface area contributed by atoms with Crippen LogP contribution in [0.5, 0.6) is 5.75 Å². The normalized spacial score (nSPS) is 19.0. The van der Waals surface area contributed by atoms with Crippen molar-refractivity contribution < 1.29 is 14.3 Å². The quantitative estimate of drug-likeness (QED) is 0.718. The summed E-state index contributed by atoms with van der Waals surface area (Å²) < 4.78 is 13.6. The van der Waals surface area contributed by atoms with Crippen molar-refractivity contribution in [1.29, 1.82) is 0 Å². The summed E-state index contributed by atoms with van der Waals surface area (Å²) in [6.07, 6.45) is 5.80. The molecule has 29 heavy (non-hydrogen) atoms. The van der Waals surface area contributed by atoms with Gasteiger partial charge in [0.15, 0.2) is 11.4 Å². The molecule has 2 aliphatic heterocycles. The van der Waals surface area contributed by atoms with E-state index in [0.717, 1.165) is 47.7 Å². The molecule has 0 bridgehead atoms. The summed E-state index contributed by atoms with van der Waals surface area (Å²) in [6.45, 7) is 1.60. The fraction of sp³-hybridized carbons (Fsp3) is 0.286. The Morgan fingerprint density at radius 2 is 2.31 bits per heavy atom. The van der Waals surface area contributed by atoms with Gasteiger partial charge in [-0.05, 0) is 43.2 Å². The van der Waals surface area contributed by atoms with E-state index < -0.39 is 0 Å². The number of benzene rings is 1. The van der Waals surface area contributed by atoms with Crippen LogP contribution in [0.1, 0.15) is 12.8 Å². The lowest BCUT2D eigenvalue weighted by Crippen LogP contribution is -2.25. The average Bonchev–Trinajstić information content (AvgIpc) is 3.39. The van der Waals surface area contributed by atoms with E-state index in [-0.39, 0.29) is 18.6 Å². The zero-order valence-electron chi connectivity index (χ0n) is 15.7. The number of ether oxygens (including phenoxy) is 2. The molecule has 0 radical (unpaired) electrons. The molecule has 1 saturated heterocycles. The number of aromatic nitrogens is 2. The summed E-state index contributed by atoms with van der Waals surface area (Å²) in [6, 6.07) is 9.68. The maximum atomic E-state index is 11.7. The number of nitrogens with zero attached hydrogens (tertiary/aromatic N) is 3. The van der Waals surface area contributed by atoms with Crippen LogP contribution in [0.25, 0.3) is 11.3 Å². The van der Waals surface area contributed by atoms with E-state index in [4.69, 9.17) is 14.5 Å². The molecule has 1 fully saturated rings. The molecule has 0 spiro atoms. The van der Waals surface area contributed by atoms with Gasteiger partial charge in [-0.15, -0.1) is 11.3 Å². The molecular weight excluding hydrogens is 388 g/mol. The van der Waals surface area contributed by atoms with Crippen molar-refractivity contribution in [2.75, 3.05) is 18.5 Å². The van der Waals surface area contributed by atoms with Gasteiger partial charge >= 0.3 is 0 Å². The molecule has 7 nitrogen and oxygen atoms in total. The predicted molar refractivity (Wildman–Crippen MR) is 110 cm³/mol. The van der Waals surface area contributed by atoms with E-state index in [9.17, 15) is 4.79 Å². The van der Waals surface area contributed by atoms with Crippen LogP contribution < -0.4 is 14.9 Å². The minimum absolute atomic E-state index is 0.0535. The number of carbonyl (C=O) groups is 1. The van der Waals surface area contributed by atoms with Crippen molar-refractivity contribution in [2.45, 2.75) is 25.5 Å². The topological polar surface area (TPSA) is 77.7 Å². The Bertz CT molecular complexity index is 1100. The van der Waals surface area contributed by atoms with E-state index in [1.807, 2.05) is 30.3 Å². The third kappa shape index (κ3) is 3.81. The van der Waals surface area contributed by atoms with Crippen LogP contribution in [0.2, 0.25) is 0 Å². The summed E-state index contributed by atoms with van der Waals surface area (Å²) in [5.74, 6) is 0.550. The van der Waals surface area contributed by atoms with Crippen LogP contribution in [0.3, 0.4) is 0 Å². The van der Waals surface area contributed by atoms with Crippen LogP contribution in [0.4, 0.5) is 11.4 Å². The Kier molecular flexibility index (Phi) is 4.87. The van der Waals surface area contributed by atoms with Crippen LogP contribution >= 0.6 is 11.3 Å². The van der Waals surface area contributed by atoms with Crippen molar-refractivity contribution >= 4 is 28.6 Å². The molecule has 0 saturated carbocycles. The monoisotopic (exact) mass is 408 g/mol. The van der Waals surface area contributed by atoms with Gasteiger partial charge in [-0.1, -0.05) is 0 Å². The Morgan fingerprint density at radius 3 is 3.14 bits per heavy atom. The molecule has 4 heterocycles. The summed E-state index contributed by atoms with van der Waals surface area (Å²) in [5, 5.41) is 4.98. The summed E-state index contributed by atoms with van der Waals surface area (Å²) in [4.78, 5) is 21.5. The fourth-order valence-corrected chi connectivity index (χ4v) is 4.53. The number of amides is 1. The van der Waals surface area contributed by atoms with Crippen LogP contribution in [-0.4, -0.2) is 34.8 Å². The van der Waals surface area contributed by atoms with Crippen molar-refractivity contribution in [3.8, 4) is 17.0 Å². The predicted octanol–water partition coefficient (Wildman–Crippen LogP) is 3.35. The number of fused-ring (bicyclic) bond motifs is 1. The van der Waals surface area contributed by atoms with Gasteiger partial charge in [0.1, 0.15) is 5.75 Å². The first-order chi connectivity index (χ1) is 14.3. The second-order valence-corrected chi connectivity index (χ2v) is 7.86. The van der Waals surface area contributed by atoms with Gasteiger partial charge in [-0.2, -0.15) is 0 Å². The molecule has 5 rings (SSSR count). The number of thiazole rings is 1. The van der Waals surface area contributed by atoms with Crippen molar-refractivity contribution in [2.24, 2.45) is 4.99 Å². The van der Waals surface area contributed by atoms with Gasteiger partial charge in [0, 0.05) is 23.7 Å². The molecule has 1 N–H and O–H groups in total. The lowest BCUT2D eigenvalue weighted by atomic mass is 10.1. The van der Waals surface area contributed by atoms with Gasteiger partial charge in [-0.3, -0.25) is 9.78 Å². The third-order valence-electron chi connectivity index (χ3n) is 4.99. The highest BCUT2D eigenvalue weighted by Gasteiger charge is 2.21. The Morgan fingerprint density at radius 1 is 1.34 bits per heavy atom. The standard InChI is InChI=1S/C21H20N4O3S/c26-20-12-28-19-6-5-14(9-17(19)24-20)18-13-29-21(23-15-3-1-7-22-10-15)25(18)11-16-4-2-8-27-16/h1,3,5-7,9-10,13,16H,2,4,8,11-12H2,(H,24,26). The van der Waals surface area contributed by atoms with Gasteiger partial charge in [0.2, 0.25) is 0 Å². The first-order valence-corrected chi connectivity index (χ1v) is 10.5. The molecule has 1 atom stereocenters. The number of anilines is 1. The van der Waals surface area contributed by atoms with Crippen molar-refractivity contribution in [1.82, 2.24) is 9.55 Å². The molecule has 1 amide bonds. The van der Waals surface area contributed by atoms with E-state index in [1.54, 1.807) is 23.7 Å². The molecule has 2 aromatic heterocycles. The Hall–Kier alpha value is -2.97. The second-order valence-electron chi connectivity index (χ2n) is 7.02. The van der Waals surface area contributed by atoms with Gasteiger partial charge in [0.25, 0.3) is 5.91 Å². The number of hydrogen-bond donors (Lipinski definition) is 1. The third-order valence-corrected chi connectivity index (χ3v) is 5.85. The summed E-state index contributed by atoms with van der Waals surface area (Å²) in [5.41, 5.74) is 3.54. The highest BCUT2D eigenvalue weighted by molar-refractivity contribution is 7.07. The van der Waals surface area contributed by atoms with Gasteiger partial charge in [-0.25, -0.2) is 4.99 Å². The first-order valence-electron chi connectivity index (χ1n) is 9.58. The number of nitrogens with one attached hydrogen (secondary N) is 1. The number of carbonyl (C=O) groups excluding carboxylic acids is 1. The maximum Gasteiger partial charge on any atom is 0.262 e. The average molecular weight is 408 g/mol. The highest BCUT2D eigenvalue weighted by atomic mass is 32.1. The van der Waals surface area contributed by atoms with Gasteiger partial charge in [0.05, 0.1) is 35.9 Å². The lowest BCUT2D eigenvalue weighted by molar-refractivity contribution is -0.118. The van der Waals surface area contributed by atoms with Crippen LogP contribution in [0, 0.1) is 0 Å². The number of pyridine rings is 1. The molecule has 148 valence electrons. The van der Waals surface area contributed by atoms with Crippen LogP contribution in [-0.2, 0) is 16.1 Å². The van der Waals surface area contributed by atoms with Crippen molar-refractivity contribution in [3.63, 3.8) is 0 Å².